The third kappa shape index (κ3) is 3.52. The highest BCUT2D eigenvalue weighted by Crippen LogP contribution is 2.25. The van der Waals surface area contributed by atoms with Gasteiger partial charge in [0.2, 0.25) is 0 Å². The van der Waals surface area contributed by atoms with Crippen molar-refractivity contribution in [1.82, 2.24) is 5.32 Å². The van der Waals surface area contributed by atoms with Gasteiger partial charge in [-0.2, -0.15) is 0 Å². The van der Waals surface area contributed by atoms with Crippen LogP contribution in [0.2, 0.25) is 0 Å². The molecular weight excluding hydrogens is 326 g/mol. The summed E-state index contributed by atoms with van der Waals surface area (Å²) in [5.41, 5.74) is 0.572. The number of nitrogens with one attached hydrogen (secondary N) is 1. The van der Waals surface area contributed by atoms with Crippen molar-refractivity contribution in [3.8, 4) is 0 Å². The van der Waals surface area contributed by atoms with Crippen molar-refractivity contribution >= 4 is 33.6 Å². The second kappa shape index (κ2) is 6.77. The molecule has 0 atom stereocenters. The van der Waals surface area contributed by atoms with E-state index in [1.807, 2.05) is 30.5 Å². The Kier molecular flexibility index (Phi) is 5.30. The van der Waals surface area contributed by atoms with Gasteiger partial charge in [0.1, 0.15) is 0 Å². The molecule has 3 nitrogen and oxygen atoms in total. The summed E-state index contributed by atoms with van der Waals surface area (Å²) < 4.78 is 5.38. The van der Waals surface area contributed by atoms with Crippen LogP contribution in [-0.4, -0.2) is 36.2 Å². The predicted octanol–water partition coefficient (Wildman–Crippen LogP) is 3.08. The molecule has 1 N–H and O–H groups in total. The monoisotopic (exact) mass is 343 g/mol. The third-order valence-electron chi connectivity index (χ3n) is 3.44. The average molecular weight is 344 g/mol. The van der Waals surface area contributed by atoms with Gasteiger partial charge in [0.15, 0.2) is 0 Å². The van der Waals surface area contributed by atoms with Crippen molar-refractivity contribution in [3.63, 3.8) is 0 Å². The molecule has 1 aliphatic heterocycles. The van der Waals surface area contributed by atoms with Crippen LogP contribution >= 0.6 is 27.7 Å². The van der Waals surface area contributed by atoms with Crippen molar-refractivity contribution in [2.45, 2.75) is 23.3 Å². The van der Waals surface area contributed by atoms with E-state index in [0.29, 0.717) is 13.2 Å². The number of carbonyl (C=O) groups excluding carboxylic acids is 1. The summed E-state index contributed by atoms with van der Waals surface area (Å²) in [5, 5.41) is 3.95. The second-order valence-electron chi connectivity index (χ2n) is 4.68. The van der Waals surface area contributed by atoms with Gasteiger partial charge in [-0.15, -0.1) is 11.8 Å². The minimum absolute atomic E-state index is 0.00583. The van der Waals surface area contributed by atoms with E-state index in [4.69, 9.17) is 4.74 Å². The fraction of sp³-hybridized carbons (Fsp3) is 0.500. The zero-order valence-corrected chi connectivity index (χ0v) is 13.4. The molecule has 5 heteroatoms. The van der Waals surface area contributed by atoms with Crippen LogP contribution in [0.4, 0.5) is 0 Å². The first kappa shape index (κ1) is 14.9. The van der Waals surface area contributed by atoms with Crippen LogP contribution in [0.15, 0.2) is 29.2 Å². The van der Waals surface area contributed by atoms with Crippen LogP contribution in [-0.2, 0) is 4.74 Å². The maximum atomic E-state index is 12.5. The summed E-state index contributed by atoms with van der Waals surface area (Å²) in [6, 6.07) is 7.71. The first-order valence-corrected chi connectivity index (χ1v) is 8.65. The van der Waals surface area contributed by atoms with Gasteiger partial charge in [0.25, 0.3) is 5.91 Å². The van der Waals surface area contributed by atoms with Crippen molar-refractivity contribution in [1.29, 1.82) is 0 Å². The minimum atomic E-state index is -0.180. The molecule has 0 aliphatic carbocycles. The Bertz CT molecular complexity index is 447. The lowest BCUT2D eigenvalue weighted by Gasteiger charge is -2.36. The van der Waals surface area contributed by atoms with E-state index in [1.165, 1.54) is 0 Å². The number of benzene rings is 1. The summed E-state index contributed by atoms with van der Waals surface area (Å²) in [6.07, 6.45) is 3.69. The highest BCUT2D eigenvalue weighted by atomic mass is 79.9. The number of amides is 1. The van der Waals surface area contributed by atoms with Crippen molar-refractivity contribution in [2.75, 3.05) is 24.8 Å². The summed E-state index contributed by atoms with van der Waals surface area (Å²) in [4.78, 5) is 13.5. The summed E-state index contributed by atoms with van der Waals surface area (Å²) in [5.74, 6) is 0.00583. The molecule has 0 spiro atoms. The molecule has 0 radical (unpaired) electrons. The molecule has 1 aliphatic rings. The highest BCUT2D eigenvalue weighted by Gasteiger charge is 2.33. The molecule has 0 saturated carbocycles. The molecule has 1 heterocycles. The largest absolute Gasteiger partial charge is 0.381 e. The van der Waals surface area contributed by atoms with Gasteiger partial charge in [-0.3, -0.25) is 4.79 Å². The first-order valence-electron chi connectivity index (χ1n) is 6.30. The summed E-state index contributed by atoms with van der Waals surface area (Å²) in [7, 11) is 0. The summed E-state index contributed by atoms with van der Waals surface area (Å²) in [6.45, 7) is 1.41. The highest BCUT2D eigenvalue weighted by molar-refractivity contribution is 9.09. The maximum absolute atomic E-state index is 12.5. The number of ether oxygens (including phenoxy) is 1. The van der Waals surface area contributed by atoms with Crippen LogP contribution < -0.4 is 5.32 Å². The lowest BCUT2D eigenvalue weighted by atomic mass is 9.92. The number of hydrogen-bond acceptors (Lipinski definition) is 3. The fourth-order valence-electron chi connectivity index (χ4n) is 2.19. The van der Waals surface area contributed by atoms with Gasteiger partial charge in [-0.1, -0.05) is 28.1 Å². The van der Waals surface area contributed by atoms with Gasteiger partial charge < -0.3 is 10.1 Å². The Hall–Kier alpha value is -0.520. The van der Waals surface area contributed by atoms with E-state index in [-0.39, 0.29) is 11.4 Å². The standard InChI is InChI=1S/C14H18BrNO2S/c1-19-12-5-3-2-4-11(12)13(17)16-14(10-15)6-8-18-9-7-14/h2-5H,6-10H2,1H3,(H,16,17). The van der Waals surface area contributed by atoms with Crippen molar-refractivity contribution in [3.05, 3.63) is 29.8 Å². The number of hydrogen-bond donors (Lipinski definition) is 1. The molecule has 1 aromatic rings. The van der Waals surface area contributed by atoms with Crippen LogP contribution in [0.1, 0.15) is 23.2 Å². The Labute approximate surface area is 126 Å². The zero-order chi connectivity index (χ0) is 13.7. The maximum Gasteiger partial charge on any atom is 0.252 e. The van der Waals surface area contributed by atoms with E-state index in [2.05, 4.69) is 21.2 Å². The van der Waals surface area contributed by atoms with Gasteiger partial charge in [-0.05, 0) is 31.2 Å². The van der Waals surface area contributed by atoms with E-state index < -0.39 is 0 Å². The van der Waals surface area contributed by atoms with Crippen LogP contribution in [0.3, 0.4) is 0 Å². The van der Waals surface area contributed by atoms with Gasteiger partial charge in [0.05, 0.1) is 11.1 Å². The predicted molar refractivity (Wildman–Crippen MR) is 82.3 cm³/mol. The quantitative estimate of drug-likeness (QED) is 0.674. The topological polar surface area (TPSA) is 38.3 Å². The Morgan fingerprint density at radius 1 is 1.42 bits per heavy atom. The molecular formula is C14H18BrNO2S. The van der Waals surface area contributed by atoms with Gasteiger partial charge >= 0.3 is 0 Å². The smallest absolute Gasteiger partial charge is 0.252 e. The molecule has 0 aromatic heterocycles. The molecule has 1 fully saturated rings. The number of rotatable bonds is 4. The first-order chi connectivity index (χ1) is 9.21. The van der Waals surface area contributed by atoms with E-state index in [9.17, 15) is 4.79 Å². The third-order valence-corrected chi connectivity index (χ3v) is 5.31. The molecule has 19 heavy (non-hydrogen) atoms. The van der Waals surface area contributed by atoms with E-state index >= 15 is 0 Å². The molecule has 104 valence electrons. The van der Waals surface area contributed by atoms with Crippen LogP contribution in [0, 0.1) is 0 Å². The minimum Gasteiger partial charge on any atom is -0.381 e. The lowest BCUT2D eigenvalue weighted by molar-refractivity contribution is 0.0441. The zero-order valence-electron chi connectivity index (χ0n) is 10.9. The normalized spacial score (nSPS) is 18.0. The van der Waals surface area contributed by atoms with Crippen molar-refractivity contribution < 1.29 is 9.53 Å². The van der Waals surface area contributed by atoms with E-state index in [0.717, 1.165) is 28.6 Å². The van der Waals surface area contributed by atoms with Crippen molar-refractivity contribution in [2.24, 2.45) is 0 Å². The summed E-state index contributed by atoms with van der Waals surface area (Å²) >= 11 is 5.12. The Morgan fingerprint density at radius 3 is 2.74 bits per heavy atom. The molecule has 0 bridgehead atoms. The molecule has 1 saturated heterocycles. The lowest BCUT2D eigenvalue weighted by Crippen LogP contribution is -2.53. The van der Waals surface area contributed by atoms with Crippen LogP contribution in [0.25, 0.3) is 0 Å². The van der Waals surface area contributed by atoms with Gasteiger partial charge in [-0.25, -0.2) is 0 Å². The second-order valence-corrected chi connectivity index (χ2v) is 6.09. The molecule has 0 unspecified atom stereocenters. The average Bonchev–Trinajstić information content (AvgIpc) is 2.48. The Balaban J connectivity index is 2.15. The molecule has 1 amide bonds. The number of halogens is 1. The number of alkyl halides is 1. The number of carbonyl (C=O) groups is 1. The Morgan fingerprint density at radius 2 is 2.11 bits per heavy atom. The fourth-order valence-corrected chi connectivity index (χ4v) is 3.49. The SMILES string of the molecule is CSc1ccccc1C(=O)NC1(CBr)CCOCC1. The van der Waals surface area contributed by atoms with Gasteiger partial charge in [0, 0.05) is 23.4 Å². The van der Waals surface area contributed by atoms with Crippen LogP contribution in [0.5, 0.6) is 0 Å². The van der Waals surface area contributed by atoms with E-state index in [1.54, 1.807) is 11.8 Å². The molecule has 1 aromatic carbocycles. The molecule has 2 rings (SSSR count). The number of thioether (sulfide) groups is 1.